The summed E-state index contributed by atoms with van der Waals surface area (Å²) < 4.78 is 9.14. The van der Waals surface area contributed by atoms with Gasteiger partial charge >= 0.3 is 0 Å². The Labute approximate surface area is 457 Å². The van der Waals surface area contributed by atoms with Gasteiger partial charge in [0, 0.05) is 65.6 Å². The second-order valence-electron chi connectivity index (χ2n) is 20.2. The number of hydrogen-bond acceptors (Lipinski definition) is 6. The van der Waals surface area contributed by atoms with Crippen molar-refractivity contribution in [2.45, 2.75) is 13.8 Å². The molecule has 0 aliphatic heterocycles. The number of rotatable bonds is 6. The van der Waals surface area contributed by atoms with E-state index < -0.39 is 0 Å². The molecule has 0 radical (unpaired) electrons. The number of aryl methyl sites for hydroxylation is 2. The van der Waals surface area contributed by atoms with Crippen LogP contribution in [0.25, 0.3) is 132 Å². The highest BCUT2D eigenvalue weighted by Crippen LogP contribution is 2.51. The topological polar surface area (TPSA) is 141 Å². The molecule has 15 rings (SSSR count). The highest BCUT2D eigenvalue weighted by Gasteiger charge is 2.34. The number of nitrogens with zero attached hydrogens (tertiary/aromatic N) is 10. The van der Waals surface area contributed by atoms with Crippen LogP contribution >= 0.6 is 0 Å². The van der Waals surface area contributed by atoms with Gasteiger partial charge in [-0.05, 0) is 128 Å². The van der Waals surface area contributed by atoms with Crippen LogP contribution in [0.4, 0.5) is 0 Å². The van der Waals surface area contributed by atoms with Gasteiger partial charge < -0.3 is 9.13 Å². The van der Waals surface area contributed by atoms with Crippen molar-refractivity contribution < 1.29 is 0 Å². The zero-order valence-corrected chi connectivity index (χ0v) is 43.1. The van der Waals surface area contributed by atoms with Crippen molar-refractivity contribution in [3.05, 3.63) is 240 Å². The van der Waals surface area contributed by atoms with Crippen LogP contribution in [-0.4, -0.2) is 28.2 Å². The molecule has 0 unspecified atom stereocenters. The van der Waals surface area contributed by atoms with E-state index in [9.17, 15) is 21.0 Å². The third kappa shape index (κ3) is 6.55. The molecule has 0 aliphatic carbocycles. The smallest absolute Gasteiger partial charge is 0.165 e. The maximum absolute atomic E-state index is 10.5. The molecule has 0 aliphatic rings. The van der Waals surface area contributed by atoms with Crippen molar-refractivity contribution >= 4 is 87.2 Å². The molecule has 0 fully saturated rings. The summed E-state index contributed by atoms with van der Waals surface area (Å²) in [5, 5.41) is 49.2. The van der Waals surface area contributed by atoms with Gasteiger partial charge in [0.2, 0.25) is 0 Å². The molecule has 0 atom stereocenters. The first-order valence-electron chi connectivity index (χ1n) is 26.2. The Morgan fingerprint density at radius 3 is 1.00 bits per heavy atom. The van der Waals surface area contributed by atoms with E-state index in [1.165, 1.54) is 0 Å². The summed E-state index contributed by atoms with van der Waals surface area (Å²) in [4.78, 5) is 11.4. The Hall–Kier alpha value is -11.6. The minimum absolute atomic E-state index is 0.532. The number of aromatic nitrogens is 6. The molecule has 0 saturated heterocycles. The number of nitriles is 4. The van der Waals surface area contributed by atoms with Crippen LogP contribution < -0.4 is 0 Å². The summed E-state index contributed by atoms with van der Waals surface area (Å²) in [5.74, 6) is 1.17. The molecule has 0 spiro atoms. The third-order valence-electron chi connectivity index (χ3n) is 15.9. The quantitative estimate of drug-likeness (QED) is 0.162. The molecule has 370 valence electrons. The van der Waals surface area contributed by atoms with Gasteiger partial charge in [0.1, 0.15) is 11.4 Å². The lowest BCUT2D eigenvalue weighted by Gasteiger charge is -2.28. The van der Waals surface area contributed by atoms with E-state index in [1.54, 1.807) is 0 Å². The Morgan fingerprint density at radius 2 is 0.625 bits per heavy atom. The molecule has 6 aromatic heterocycles. The molecule has 0 amide bonds. The van der Waals surface area contributed by atoms with Gasteiger partial charge in [-0.1, -0.05) is 103 Å². The lowest BCUT2D eigenvalue weighted by molar-refractivity contribution is 0.961. The van der Waals surface area contributed by atoms with Gasteiger partial charge in [0.25, 0.3) is 0 Å². The van der Waals surface area contributed by atoms with Crippen LogP contribution in [0.15, 0.2) is 206 Å². The van der Waals surface area contributed by atoms with Gasteiger partial charge in [0.15, 0.2) is 11.6 Å². The lowest BCUT2D eigenvalue weighted by Crippen LogP contribution is -2.16. The van der Waals surface area contributed by atoms with E-state index in [0.717, 1.165) is 132 Å². The molecule has 80 heavy (non-hydrogen) atoms. The SMILES string of the molecule is Cc1ccc(-c2ccccc2-c2c(-n3c4ccccc4c4cc(C#N)ccc43)c(-n3c4ccccc4c4cc(C#N)ccc43)nc(-n3c4ccccc4c4cc(C#N)ccc43)c2-n2c3ccccc3c3cc(C#N)ccc32)c(C)n1. The summed E-state index contributed by atoms with van der Waals surface area (Å²) >= 11 is 0. The zero-order valence-electron chi connectivity index (χ0n) is 43.1. The Morgan fingerprint density at radius 1 is 0.300 bits per heavy atom. The van der Waals surface area contributed by atoms with Crippen molar-refractivity contribution in [1.82, 2.24) is 28.2 Å². The monoisotopic (exact) mass is 1020 g/mol. The fourth-order valence-electron chi connectivity index (χ4n) is 12.5. The second-order valence-corrected chi connectivity index (χ2v) is 20.2. The highest BCUT2D eigenvalue weighted by atomic mass is 15.2. The fourth-order valence-corrected chi connectivity index (χ4v) is 12.5. The summed E-state index contributed by atoms with van der Waals surface area (Å²) in [6.45, 7) is 4.07. The summed E-state index contributed by atoms with van der Waals surface area (Å²) in [7, 11) is 0. The standard InChI is InChI=1S/C70H40N10/c1-41-23-28-47(42(2)75-41)48-13-3-4-18-53(48)66-67(77-58-19-9-5-14-49(58)54-33-43(37-71)24-29-62(54)77)69(79-60-21-11-7-16-51(60)56-35-45(39-73)26-31-64(56)79)76-70(80-61-22-12-8-17-52(61)57-36-46(40-74)27-32-65(57)80)68(66)78-59-20-10-6-15-50(59)55-34-44(38-72)25-30-63(55)78/h3-36H,1-2H3. The molecule has 6 heterocycles. The largest absolute Gasteiger partial charge is 0.305 e. The molecular weight excluding hydrogens is 981 g/mol. The molecule has 0 saturated carbocycles. The average Bonchev–Trinajstić information content (AvgIpc) is 3.99. The van der Waals surface area contributed by atoms with Crippen LogP contribution in [-0.2, 0) is 0 Å². The van der Waals surface area contributed by atoms with Crippen LogP contribution in [0.2, 0.25) is 0 Å². The van der Waals surface area contributed by atoms with Gasteiger partial charge in [0.05, 0.1) is 90.7 Å². The van der Waals surface area contributed by atoms with Crippen molar-refractivity contribution in [3.8, 4) is 69.5 Å². The van der Waals surface area contributed by atoms with E-state index in [2.05, 4.69) is 147 Å². The predicted octanol–water partition coefficient (Wildman–Crippen LogP) is 16.3. The lowest BCUT2D eigenvalue weighted by atomic mass is 9.91. The summed E-state index contributed by atoms with van der Waals surface area (Å²) in [5.41, 5.74) is 15.9. The van der Waals surface area contributed by atoms with Crippen LogP contribution in [0.1, 0.15) is 33.6 Å². The van der Waals surface area contributed by atoms with E-state index in [1.807, 2.05) is 116 Å². The van der Waals surface area contributed by atoms with Gasteiger partial charge in [-0.15, -0.1) is 0 Å². The molecule has 10 nitrogen and oxygen atoms in total. The maximum atomic E-state index is 10.5. The van der Waals surface area contributed by atoms with Crippen molar-refractivity contribution in [1.29, 1.82) is 21.0 Å². The van der Waals surface area contributed by atoms with Crippen molar-refractivity contribution in [3.63, 3.8) is 0 Å². The Kier molecular flexibility index (Phi) is 10.0. The molecule has 9 aromatic carbocycles. The molecule has 0 N–H and O–H groups in total. The van der Waals surface area contributed by atoms with Gasteiger partial charge in [-0.2, -0.15) is 21.0 Å². The van der Waals surface area contributed by atoms with E-state index >= 15 is 0 Å². The van der Waals surface area contributed by atoms with Crippen molar-refractivity contribution in [2.24, 2.45) is 0 Å². The van der Waals surface area contributed by atoms with Gasteiger partial charge in [-0.3, -0.25) is 14.1 Å². The van der Waals surface area contributed by atoms with E-state index in [4.69, 9.17) is 9.97 Å². The zero-order chi connectivity index (χ0) is 53.9. The average molecular weight is 1020 g/mol. The highest BCUT2D eigenvalue weighted by molar-refractivity contribution is 6.16. The Balaban J connectivity index is 1.30. The van der Waals surface area contributed by atoms with Gasteiger partial charge in [-0.25, -0.2) is 4.98 Å². The van der Waals surface area contributed by atoms with Crippen LogP contribution in [0.5, 0.6) is 0 Å². The van der Waals surface area contributed by atoms with Crippen LogP contribution in [0, 0.1) is 59.2 Å². The number of benzene rings is 9. The minimum atomic E-state index is 0.532. The third-order valence-corrected chi connectivity index (χ3v) is 15.9. The number of pyridine rings is 2. The minimum Gasteiger partial charge on any atom is -0.305 e. The Bertz CT molecular complexity index is 5120. The molecule has 10 heteroatoms. The van der Waals surface area contributed by atoms with E-state index in [-0.39, 0.29) is 0 Å². The number of para-hydroxylation sites is 4. The fraction of sp³-hybridized carbons (Fsp3) is 0.0286. The summed E-state index contributed by atoms with van der Waals surface area (Å²) in [6, 6.07) is 79.2. The normalized spacial score (nSPS) is 11.6. The number of fused-ring (bicyclic) bond motifs is 12. The van der Waals surface area contributed by atoms with E-state index in [0.29, 0.717) is 33.9 Å². The summed E-state index contributed by atoms with van der Waals surface area (Å²) in [6.07, 6.45) is 0. The molecule has 0 bridgehead atoms. The maximum Gasteiger partial charge on any atom is 0.165 e. The number of hydrogen-bond donors (Lipinski definition) is 0. The van der Waals surface area contributed by atoms with Crippen LogP contribution in [0.3, 0.4) is 0 Å². The predicted molar refractivity (Wildman–Crippen MR) is 319 cm³/mol. The second kappa shape index (κ2) is 17.5. The molecule has 15 aromatic rings. The molecular formula is C70H40N10. The first-order chi connectivity index (χ1) is 39.3. The van der Waals surface area contributed by atoms with Crippen molar-refractivity contribution in [2.75, 3.05) is 0 Å². The first-order valence-corrected chi connectivity index (χ1v) is 26.2. The first kappa shape index (κ1) is 45.8.